The van der Waals surface area contributed by atoms with Crippen LogP contribution in [-0.4, -0.2) is 25.3 Å². The van der Waals surface area contributed by atoms with Crippen molar-refractivity contribution in [3.8, 4) is 0 Å². The van der Waals surface area contributed by atoms with E-state index in [1.165, 1.54) is 0 Å². The molecule has 0 spiro atoms. The highest BCUT2D eigenvalue weighted by atomic mass is 16.9. The van der Waals surface area contributed by atoms with Crippen LogP contribution in [-0.2, 0) is 14.2 Å². The van der Waals surface area contributed by atoms with Gasteiger partial charge in [0.2, 0.25) is 0 Å². The molecule has 3 nitrogen and oxygen atoms in total. The van der Waals surface area contributed by atoms with E-state index in [4.69, 9.17) is 14.2 Å². The lowest BCUT2D eigenvalue weighted by Gasteiger charge is -2.28. The topological polar surface area (TPSA) is 27.7 Å². The zero-order valence-corrected chi connectivity index (χ0v) is 7.37. The summed E-state index contributed by atoms with van der Waals surface area (Å²) in [5, 5.41) is 0. The molecule has 0 N–H and O–H groups in total. The maximum Gasteiger partial charge on any atom is 0.272 e. The molecule has 2 atom stereocenters. The first-order valence-electron chi connectivity index (χ1n) is 4.11. The van der Waals surface area contributed by atoms with Crippen molar-refractivity contribution in [1.29, 1.82) is 0 Å². The van der Waals surface area contributed by atoms with E-state index in [1.807, 2.05) is 20.8 Å². The monoisotopic (exact) mass is 160 g/mol. The summed E-state index contributed by atoms with van der Waals surface area (Å²) in [7, 11) is 0. The number of rotatable bonds is 2. The highest BCUT2D eigenvalue weighted by Crippen LogP contribution is 2.13. The highest BCUT2D eigenvalue weighted by Gasteiger charge is 2.20. The van der Waals surface area contributed by atoms with E-state index in [0.29, 0.717) is 0 Å². The second kappa shape index (κ2) is 4.04. The molecule has 1 heterocycles. The molecule has 0 radical (unpaired) electrons. The first-order chi connectivity index (χ1) is 5.18. The molecule has 11 heavy (non-hydrogen) atoms. The average Bonchev–Trinajstić information content (AvgIpc) is 1.85. The van der Waals surface area contributed by atoms with Gasteiger partial charge in [0.1, 0.15) is 0 Å². The molecule has 0 bridgehead atoms. The fraction of sp³-hybridized carbons (Fsp3) is 1.00. The van der Waals surface area contributed by atoms with Crippen molar-refractivity contribution in [2.75, 3.05) is 6.61 Å². The SMILES string of the molecule is CC(C)O[C@H]1OCC[C@@H](C)O1. The zero-order chi connectivity index (χ0) is 8.27. The molecule has 1 fully saturated rings. The Balaban J connectivity index is 2.23. The van der Waals surface area contributed by atoms with Crippen LogP contribution >= 0.6 is 0 Å². The third-order valence-corrected chi connectivity index (χ3v) is 1.51. The summed E-state index contributed by atoms with van der Waals surface area (Å²) >= 11 is 0. The van der Waals surface area contributed by atoms with Gasteiger partial charge in [0.25, 0.3) is 6.48 Å². The van der Waals surface area contributed by atoms with Crippen molar-refractivity contribution < 1.29 is 14.2 Å². The van der Waals surface area contributed by atoms with Crippen molar-refractivity contribution in [3.05, 3.63) is 0 Å². The lowest BCUT2D eigenvalue weighted by Crippen LogP contribution is -2.34. The Bertz CT molecular complexity index is 112. The van der Waals surface area contributed by atoms with Gasteiger partial charge in [-0.3, -0.25) is 0 Å². The van der Waals surface area contributed by atoms with Gasteiger partial charge < -0.3 is 14.2 Å². The van der Waals surface area contributed by atoms with E-state index in [1.54, 1.807) is 0 Å². The molecule has 1 aliphatic rings. The van der Waals surface area contributed by atoms with E-state index in [-0.39, 0.29) is 12.2 Å². The molecule has 0 aromatic carbocycles. The van der Waals surface area contributed by atoms with E-state index < -0.39 is 6.48 Å². The van der Waals surface area contributed by atoms with Crippen LogP contribution in [0.5, 0.6) is 0 Å². The molecule has 1 rings (SSSR count). The van der Waals surface area contributed by atoms with Gasteiger partial charge in [-0.15, -0.1) is 0 Å². The van der Waals surface area contributed by atoms with E-state index in [2.05, 4.69) is 0 Å². The van der Waals surface area contributed by atoms with Crippen LogP contribution in [0.25, 0.3) is 0 Å². The highest BCUT2D eigenvalue weighted by molar-refractivity contribution is 4.54. The maximum atomic E-state index is 5.35. The zero-order valence-electron chi connectivity index (χ0n) is 7.37. The standard InChI is InChI=1S/C8H16O3/c1-6(2)10-8-9-5-4-7(3)11-8/h6-8H,4-5H2,1-3H3/t7-,8-/m1/s1. The minimum atomic E-state index is -0.446. The molecule has 66 valence electrons. The van der Waals surface area contributed by atoms with Crippen LogP contribution in [0.4, 0.5) is 0 Å². The molecule has 1 saturated heterocycles. The van der Waals surface area contributed by atoms with Crippen molar-refractivity contribution >= 4 is 0 Å². The largest absolute Gasteiger partial charge is 0.330 e. The van der Waals surface area contributed by atoms with Crippen molar-refractivity contribution in [2.24, 2.45) is 0 Å². The molecule has 0 amide bonds. The fourth-order valence-electron chi connectivity index (χ4n) is 0.921. The third-order valence-electron chi connectivity index (χ3n) is 1.51. The predicted octanol–water partition coefficient (Wildman–Crippen LogP) is 1.52. The average molecular weight is 160 g/mol. The van der Waals surface area contributed by atoms with Crippen LogP contribution in [0.2, 0.25) is 0 Å². The lowest BCUT2D eigenvalue weighted by molar-refractivity contribution is -0.337. The number of ether oxygens (including phenoxy) is 3. The Labute approximate surface area is 67.6 Å². The van der Waals surface area contributed by atoms with Crippen molar-refractivity contribution in [1.82, 2.24) is 0 Å². The third kappa shape index (κ3) is 3.18. The van der Waals surface area contributed by atoms with Gasteiger partial charge in [0.15, 0.2) is 0 Å². The Morgan fingerprint density at radius 1 is 1.45 bits per heavy atom. The molecular weight excluding hydrogens is 144 g/mol. The molecular formula is C8H16O3. The van der Waals surface area contributed by atoms with Crippen molar-refractivity contribution in [2.45, 2.75) is 45.9 Å². The smallest absolute Gasteiger partial charge is 0.272 e. The van der Waals surface area contributed by atoms with Gasteiger partial charge in [-0.05, 0) is 27.2 Å². The molecule has 3 heteroatoms. The van der Waals surface area contributed by atoms with E-state index in [0.717, 1.165) is 13.0 Å². The van der Waals surface area contributed by atoms with Gasteiger partial charge in [-0.2, -0.15) is 0 Å². The minimum Gasteiger partial charge on any atom is -0.330 e. The quantitative estimate of drug-likeness (QED) is 0.613. The van der Waals surface area contributed by atoms with Gasteiger partial charge in [0.05, 0.1) is 18.8 Å². The first-order valence-corrected chi connectivity index (χ1v) is 4.11. The normalized spacial score (nSPS) is 32.7. The molecule has 0 aliphatic carbocycles. The second-order valence-electron chi connectivity index (χ2n) is 3.08. The van der Waals surface area contributed by atoms with Gasteiger partial charge in [-0.1, -0.05) is 0 Å². The van der Waals surface area contributed by atoms with Gasteiger partial charge in [-0.25, -0.2) is 0 Å². The summed E-state index contributed by atoms with van der Waals surface area (Å²) in [4.78, 5) is 0. The summed E-state index contributed by atoms with van der Waals surface area (Å²) in [5.74, 6) is 0. The summed E-state index contributed by atoms with van der Waals surface area (Å²) in [6.45, 7) is 6.24. The lowest BCUT2D eigenvalue weighted by atomic mass is 10.3. The Kier molecular flexibility index (Phi) is 3.30. The Morgan fingerprint density at radius 2 is 2.18 bits per heavy atom. The van der Waals surface area contributed by atoms with Gasteiger partial charge >= 0.3 is 0 Å². The van der Waals surface area contributed by atoms with Crippen LogP contribution < -0.4 is 0 Å². The summed E-state index contributed by atoms with van der Waals surface area (Å²) in [6.07, 6.45) is 1.37. The second-order valence-corrected chi connectivity index (χ2v) is 3.08. The summed E-state index contributed by atoms with van der Waals surface area (Å²) in [5.41, 5.74) is 0. The van der Waals surface area contributed by atoms with Crippen LogP contribution in [0.1, 0.15) is 27.2 Å². The predicted molar refractivity (Wildman–Crippen MR) is 41.1 cm³/mol. The van der Waals surface area contributed by atoms with E-state index >= 15 is 0 Å². The van der Waals surface area contributed by atoms with Crippen LogP contribution in [0.15, 0.2) is 0 Å². The summed E-state index contributed by atoms with van der Waals surface area (Å²) in [6, 6.07) is 0. The Hall–Kier alpha value is -0.120. The molecule has 0 aromatic heterocycles. The summed E-state index contributed by atoms with van der Waals surface area (Å²) < 4.78 is 15.9. The molecule has 1 aliphatic heterocycles. The molecule has 0 saturated carbocycles. The van der Waals surface area contributed by atoms with E-state index in [9.17, 15) is 0 Å². The van der Waals surface area contributed by atoms with Gasteiger partial charge in [0, 0.05) is 0 Å². The maximum absolute atomic E-state index is 5.35. The molecule has 0 unspecified atom stereocenters. The first kappa shape index (κ1) is 8.97. The number of hydrogen-bond donors (Lipinski definition) is 0. The van der Waals surface area contributed by atoms with Crippen LogP contribution in [0.3, 0.4) is 0 Å². The minimum absolute atomic E-state index is 0.158. The molecule has 0 aromatic rings. The number of hydrogen-bond acceptors (Lipinski definition) is 3. The van der Waals surface area contributed by atoms with Crippen molar-refractivity contribution in [3.63, 3.8) is 0 Å². The Morgan fingerprint density at radius 3 is 2.73 bits per heavy atom. The van der Waals surface area contributed by atoms with Crippen LogP contribution in [0, 0.1) is 0 Å². The fourth-order valence-corrected chi connectivity index (χ4v) is 0.921.